The maximum Gasteiger partial charge on any atom is 0.253 e. The van der Waals surface area contributed by atoms with Crippen LogP contribution in [0.1, 0.15) is 34.3 Å². The zero-order chi connectivity index (χ0) is 25.8. The van der Waals surface area contributed by atoms with E-state index in [1.54, 1.807) is 30.2 Å². The van der Waals surface area contributed by atoms with Gasteiger partial charge in [-0.25, -0.2) is 9.07 Å². The minimum absolute atomic E-state index is 0.239. The van der Waals surface area contributed by atoms with Gasteiger partial charge in [-0.2, -0.15) is 0 Å². The van der Waals surface area contributed by atoms with Gasteiger partial charge in [0.1, 0.15) is 17.6 Å². The molecule has 0 spiro atoms. The predicted octanol–water partition coefficient (Wildman–Crippen LogP) is 3.99. The Hall–Kier alpha value is -4.15. The fourth-order valence-electron chi connectivity index (χ4n) is 4.51. The summed E-state index contributed by atoms with van der Waals surface area (Å²) in [6.07, 6.45) is 1.61. The second-order valence-corrected chi connectivity index (χ2v) is 8.86. The molecule has 0 fully saturated rings. The van der Waals surface area contributed by atoms with Crippen molar-refractivity contribution in [2.75, 3.05) is 13.7 Å². The van der Waals surface area contributed by atoms with E-state index in [-0.39, 0.29) is 11.4 Å². The molecule has 5 rings (SSSR count). The third-order valence-corrected chi connectivity index (χ3v) is 6.33. The van der Waals surface area contributed by atoms with Crippen LogP contribution in [-0.4, -0.2) is 43.8 Å². The summed E-state index contributed by atoms with van der Waals surface area (Å²) < 4.78 is 26.2. The van der Waals surface area contributed by atoms with Crippen molar-refractivity contribution >= 4 is 10.9 Å². The number of nitrogens with zero attached hydrogens (tertiary/aromatic N) is 5. The number of benzene rings is 2. The number of aromatic amines is 1. The zero-order valence-electron chi connectivity index (χ0n) is 20.6. The van der Waals surface area contributed by atoms with Crippen molar-refractivity contribution < 1.29 is 13.5 Å². The number of hydrogen-bond donors (Lipinski definition) is 1. The fraction of sp³-hybridized carbons (Fsp3) is 0.259. The second kappa shape index (κ2) is 10.9. The van der Waals surface area contributed by atoms with Crippen LogP contribution < -0.4 is 5.56 Å². The number of pyridine rings is 1. The molecule has 1 unspecified atom stereocenters. The minimum Gasteiger partial charge on any atom is -0.468 e. The first-order chi connectivity index (χ1) is 18.0. The quantitative estimate of drug-likeness (QED) is 0.308. The lowest BCUT2D eigenvalue weighted by Gasteiger charge is -2.30. The molecule has 0 radical (unpaired) electrons. The molecule has 0 aliphatic carbocycles. The van der Waals surface area contributed by atoms with Crippen LogP contribution in [-0.2, 0) is 24.4 Å². The van der Waals surface area contributed by atoms with E-state index in [9.17, 15) is 9.18 Å². The van der Waals surface area contributed by atoms with E-state index in [2.05, 4.69) is 20.5 Å². The molecule has 2 aromatic carbocycles. The van der Waals surface area contributed by atoms with Gasteiger partial charge >= 0.3 is 0 Å². The van der Waals surface area contributed by atoms with Crippen molar-refractivity contribution in [1.29, 1.82) is 0 Å². The van der Waals surface area contributed by atoms with Crippen LogP contribution in [0.25, 0.3) is 10.9 Å². The molecule has 5 aromatic rings. The van der Waals surface area contributed by atoms with Crippen LogP contribution in [0.5, 0.6) is 0 Å². The first-order valence-corrected chi connectivity index (χ1v) is 11.9. The first kappa shape index (κ1) is 24.5. The lowest BCUT2D eigenvalue weighted by molar-refractivity contribution is 0.163. The Labute approximate surface area is 212 Å². The number of aromatic nitrogens is 5. The van der Waals surface area contributed by atoms with Gasteiger partial charge in [-0.05, 0) is 64.2 Å². The van der Waals surface area contributed by atoms with Gasteiger partial charge < -0.3 is 14.1 Å². The molecule has 1 atom stereocenters. The van der Waals surface area contributed by atoms with Crippen LogP contribution in [0.2, 0.25) is 0 Å². The lowest BCUT2D eigenvalue weighted by atomic mass is 10.0. The average molecular weight is 503 g/mol. The number of ether oxygens (including phenoxy) is 1. The number of methoxy groups -OCH3 is 1. The zero-order valence-corrected chi connectivity index (χ0v) is 20.6. The number of fused-ring (bicyclic) bond motifs is 1. The molecule has 10 heteroatoms. The van der Waals surface area contributed by atoms with Gasteiger partial charge in [0.25, 0.3) is 5.56 Å². The molecule has 190 valence electrons. The lowest BCUT2D eigenvalue weighted by Crippen LogP contribution is -2.35. The monoisotopic (exact) mass is 502 g/mol. The Morgan fingerprint density at radius 3 is 2.73 bits per heavy atom. The number of para-hydroxylation sites is 1. The molecule has 0 aliphatic rings. The summed E-state index contributed by atoms with van der Waals surface area (Å²) in [7, 11) is 1.61. The summed E-state index contributed by atoms with van der Waals surface area (Å²) in [4.78, 5) is 18.7. The molecule has 0 saturated heterocycles. The molecular formula is C27H27FN6O3. The number of furan rings is 1. The van der Waals surface area contributed by atoms with Gasteiger partial charge in [0.15, 0.2) is 5.82 Å². The van der Waals surface area contributed by atoms with Crippen molar-refractivity contribution in [3.8, 4) is 0 Å². The van der Waals surface area contributed by atoms with Crippen molar-refractivity contribution in [2.45, 2.75) is 32.6 Å². The summed E-state index contributed by atoms with van der Waals surface area (Å²) in [5.41, 5.74) is 2.87. The van der Waals surface area contributed by atoms with Gasteiger partial charge in [-0.15, -0.1) is 5.10 Å². The van der Waals surface area contributed by atoms with Crippen molar-refractivity contribution in [1.82, 2.24) is 30.1 Å². The van der Waals surface area contributed by atoms with E-state index in [0.29, 0.717) is 43.4 Å². The summed E-state index contributed by atoms with van der Waals surface area (Å²) in [5, 5.41) is 13.3. The molecule has 9 nitrogen and oxygen atoms in total. The fourth-order valence-corrected chi connectivity index (χ4v) is 4.51. The van der Waals surface area contributed by atoms with Gasteiger partial charge in [-0.1, -0.05) is 30.3 Å². The Morgan fingerprint density at radius 2 is 1.97 bits per heavy atom. The smallest absolute Gasteiger partial charge is 0.253 e. The van der Waals surface area contributed by atoms with Crippen LogP contribution in [0, 0.1) is 12.7 Å². The number of aryl methyl sites for hydroxylation is 1. The summed E-state index contributed by atoms with van der Waals surface area (Å²) in [6.45, 7) is 3.50. The predicted molar refractivity (Wildman–Crippen MR) is 135 cm³/mol. The van der Waals surface area contributed by atoms with Gasteiger partial charge in [-0.3, -0.25) is 9.69 Å². The molecule has 3 heterocycles. The third kappa shape index (κ3) is 5.35. The summed E-state index contributed by atoms with van der Waals surface area (Å²) in [6, 6.07) is 17.1. The van der Waals surface area contributed by atoms with Crippen LogP contribution in [0.4, 0.5) is 4.39 Å². The molecule has 0 aliphatic heterocycles. The highest BCUT2D eigenvalue weighted by Gasteiger charge is 2.31. The van der Waals surface area contributed by atoms with E-state index in [1.165, 1.54) is 12.1 Å². The standard InChI is InChI=1S/C27H27FN6O3/c1-18-5-3-6-20-15-23(27(35)29-24(18)20)25(26-30-31-32-34(26)12-14-36-2)33(17-22-7-4-13-37-22)16-19-8-10-21(28)11-9-19/h3-11,13,15,25H,12,14,16-17H2,1-2H3,(H,29,35). The number of H-pyrrole nitrogens is 1. The molecule has 1 N–H and O–H groups in total. The Morgan fingerprint density at radius 1 is 1.14 bits per heavy atom. The van der Waals surface area contributed by atoms with Crippen molar-refractivity contribution in [2.24, 2.45) is 0 Å². The number of rotatable bonds is 10. The highest BCUT2D eigenvalue weighted by molar-refractivity contribution is 5.82. The van der Waals surface area contributed by atoms with E-state index < -0.39 is 6.04 Å². The van der Waals surface area contributed by atoms with E-state index in [0.717, 1.165) is 22.0 Å². The Balaban J connectivity index is 1.68. The van der Waals surface area contributed by atoms with E-state index in [1.807, 2.05) is 48.2 Å². The highest BCUT2D eigenvalue weighted by Crippen LogP contribution is 2.30. The molecular weight excluding hydrogens is 475 g/mol. The molecule has 3 aromatic heterocycles. The molecule has 0 amide bonds. The Bertz CT molecular complexity index is 1530. The second-order valence-electron chi connectivity index (χ2n) is 8.86. The van der Waals surface area contributed by atoms with Gasteiger partial charge in [0.05, 0.1) is 31.5 Å². The number of hydrogen-bond acceptors (Lipinski definition) is 7. The maximum absolute atomic E-state index is 13.7. The van der Waals surface area contributed by atoms with Gasteiger partial charge in [0, 0.05) is 19.2 Å². The average Bonchev–Trinajstić information content (AvgIpc) is 3.58. The van der Waals surface area contributed by atoms with Crippen LogP contribution >= 0.6 is 0 Å². The van der Waals surface area contributed by atoms with Crippen molar-refractivity contribution in [3.05, 3.63) is 111 Å². The van der Waals surface area contributed by atoms with Crippen molar-refractivity contribution in [3.63, 3.8) is 0 Å². The SMILES string of the molecule is COCCn1nnnc1C(c1cc2cccc(C)c2[nH]c1=O)N(Cc1ccc(F)cc1)Cc1ccco1. The minimum atomic E-state index is -0.643. The number of halogens is 1. The summed E-state index contributed by atoms with van der Waals surface area (Å²) >= 11 is 0. The van der Waals surface area contributed by atoms with Gasteiger partial charge in [0.2, 0.25) is 0 Å². The Kier molecular flexibility index (Phi) is 7.20. The van der Waals surface area contributed by atoms with Crippen LogP contribution in [0.3, 0.4) is 0 Å². The van der Waals surface area contributed by atoms with E-state index >= 15 is 0 Å². The number of tetrazole rings is 1. The first-order valence-electron chi connectivity index (χ1n) is 11.9. The largest absolute Gasteiger partial charge is 0.468 e. The molecule has 0 bridgehead atoms. The van der Waals surface area contributed by atoms with Crippen LogP contribution in [0.15, 0.2) is 76.1 Å². The molecule has 37 heavy (non-hydrogen) atoms. The maximum atomic E-state index is 13.7. The molecule has 0 saturated carbocycles. The normalized spacial score (nSPS) is 12.4. The third-order valence-electron chi connectivity index (χ3n) is 6.33. The number of nitrogens with one attached hydrogen (secondary N) is 1. The highest BCUT2D eigenvalue weighted by atomic mass is 19.1. The van der Waals surface area contributed by atoms with E-state index in [4.69, 9.17) is 9.15 Å². The topological polar surface area (TPSA) is 102 Å². The summed E-state index contributed by atoms with van der Waals surface area (Å²) in [5.74, 6) is 0.877.